The number of methoxy groups -OCH3 is 5. The molecular formula is C21H37N5O14. The van der Waals surface area contributed by atoms with Crippen molar-refractivity contribution in [1.29, 1.82) is 0 Å². The molecule has 0 radical (unpaired) electrons. The zero-order valence-corrected chi connectivity index (χ0v) is 21.1. The number of hydroxylamine groups is 2. The zero-order valence-electron chi connectivity index (χ0n) is 21.1. The van der Waals surface area contributed by atoms with Gasteiger partial charge in [-0.25, -0.2) is 28.8 Å². The molecule has 230 valence electrons. The lowest BCUT2D eigenvalue weighted by Gasteiger charge is -2.19. The number of hydrogen-bond donors (Lipinski definition) is 4. The van der Waals surface area contributed by atoms with E-state index in [4.69, 9.17) is 0 Å². The first-order valence-corrected chi connectivity index (χ1v) is 10.4. The van der Waals surface area contributed by atoms with Crippen LogP contribution in [0.1, 0.15) is 27.7 Å². The number of carbonyl (C=O) groups excluding carboxylic acids is 8. The topological polar surface area (TPSA) is 243 Å². The highest BCUT2D eigenvalue weighted by atomic mass is 16.7. The predicted octanol–water partition coefficient (Wildman–Crippen LogP) is -0.814. The first-order valence-electron chi connectivity index (χ1n) is 10.4. The first kappa shape index (κ1) is 39.7. The summed E-state index contributed by atoms with van der Waals surface area (Å²) in [5.74, 6) is -3.17. The van der Waals surface area contributed by atoms with Crippen LogP contribution in [0.15, 0.2) is 0 Å². The fourth-order valence-electron chi connectivity index (χ4n) is 2.26. The number of ether oxygens (including phenoxy) is 5. The van der Waals surface area contributed by atoms with Gasteiger partial charge in [0.1, 0.15) is 12.1 Å². The Morgan fingerprint density at radius 1 is 0.625 bits per heavy atom. The lowest BCUT2D eigenvalue weighted by atomic mass is 10.3. The van der Waals surface area contributed by atoms with Gasteiger partial charge < -0.3 is 49.8 Å². The van der Waals surface area contributed by atoms with Gasteiger partial charge in [-0.2, -0.15) is 0 Å². The molecule has 2 atom stereocenters. The van der Waals surface area contributed by atoms with Crippen molar-refractivity contribution in [2.24, 2.45) is 0 Å². The molecule has 0 aromatic carbocycles. The molecule has 40 heavy (non-hydrogen) atoms. The summed E-state index contributed by atoms with van der Waals surface area (Å²) >= 11 is 0. The van der Waals surface area contributed by atoms with Crippen LogP contribution in [-0.4, -0.2) is 114 Å². The molecule has 1 aliphatic rings. The molecule has 6 amide bonds. The third-order valence-electron chi connectivity index (χ3n) is 4.18. The number of amides is 6. The number of imide groups is 1. The predicted molar refractivity (Wildman–Crippen MR) is 132 cm³/mol. The molecule has 0 aromatic rings. The van der Waals surface area contributed by atoms with Gasteiger partial charge >= 0.3 is 36.3 Å². The van der Waals surface area contributed by atoms with Crippen molar-refractivity contribution < 1.29 is 66.9 Å². The van der Waals surface area contributed by atoms with Crippen LogP contribution < -0.4 is 21.3 Å². The monoisotopic (exact) mass is 583 g/mol. The Bertz CT molecular complexity index is 881. The molecule has 0 spiro atoms. The van der Waals surface area contributed by atoms with E-state index >= 15 is 0 Å². The van der Waals surface area contributed by atoms with Crippen LogP contribution in [0.5, 0.6) is 0 Å². The molecule has 1 saturated heterocycles. The standard InChI is InChI=1S/C11H15N3O8.C8H14N2O6.2CH4/c1-20-10(18)12-5-6(13-11(19)21-2)9(17)22-14-7(15)3-4-8(14)16;1-14-6(11)5(10-8(13)16-3)4-9-7(12)15-2;;/h6H,3-5H2,1-2H3,(H,12,18)(H,13,19);5H,4H2,1-3H3,(H,9,12)(H,10,13);2*1H4. The first-order chi connectivity index (χ1) is 17.9. The van der Waals surface area contributed by atoms with E-state index in [-0.39, 0.29) is 34.2 Å². The van der Waals surface area contributed by atoms with Crippen LogP contribution in [0.25, 0.3) is 0 Å². The second-order valence-electron chi connectivity index (χ2n) is 6.64. The summed E-state index contributed by atoms with van der Waals surface area (Å²) in [5.41, 5.74) is 0. The Balaban J connectivity index is -0.000000683. The highest BCUT2D eigenvalue weighted by Gasteiger charge is 2.35. The second kappa shape index (κ2) is 21.1. The van der Waals surface area contributed by atoms with Crippen molar-refractivity contribution in [2.75, 3.05) is 48.6 Å². The van der Waals surface area contributed by atoms with Crippen molar-refractivity contribution in [3.05, 3.63) is 0 Å². The molecule has 0 saturated carbocycles. The molecule has 0 bridgehead atoms. The highest BCUT2D eigenvalue weighted by molar-refractivity contribution is 6.02. The number of nitrogens with one attached hydrogen (secondary N) is 4. The van der Waals surface area contributed by atoms with Crippen molar-refractivity contribution >= 4 is 48.1 Å². The molecule has 4 N–H and O–H groups in total. The van der Waals surface area contributed by atoms with Crippen molar-refractivity contribution in [1.82, 2.24) is 26.3 Å². The quantitative estimate of drug-likeness (QED) is 0.147. The number of nitrogens with zero attached hydrogens (tertiary/aromatic N) is 1. The molecule has 19 nitrogen and oxygen atoms in total. The third kappa shape index (κ3) is 14.8. The average molecular weight is 584 g/mol. The van der Waals surface area contributed by atoms with Gasteiger partial charge in [0.25, 0.3) is 11.8 Å². The van der Waals surface area contributed by atoms with Gasteiger partial charge in [0.05, 0.1) is 48.6 Å². The Labute approximate surface area is 230 Å². The van der Waals surface area contributed by atoms with Crippen LogP contribution in [0, 0.1) is 0 Å². The van der Waals surface area contributed by atoms with E-state index in [1.165, 1.54) is 7.11 Å². The van der Waals surface area contributed by atoms with Crippen LogP contribution >= 0.6 is 0 Å². The van der Waals surface area contributed by atoms with E-state index < -0.39 is 66.8 Å². The fourth-order valence-corrected chi connectivity index (χ4v) is 2.26. The number of carbonyl (C=O) groups is 8. The van der Waals surface area contributed by atoms with Crippen molar-refractivity contribution in [2.45, 2.75) is 39.8 Å². The minimum Gasteiger partial charge on any atom is -0.467 e. The molecule has 1 fully saturated rings. The number of alkyl carbamates (subject to hydrolysis) is 4. The molecular weight excluding hydrogens is 546 g/mol. The van der Waals surface area contributed by atoms with E-state index in [0.29, 0.717) is 5.06 Å². The summed E-state index contributed by atoms with van der Waals surface area (Å²) < 4.78 is 21.7. The number of hydrogen-bond acceptors (Lipinski definition) is 14. The Hall–Kier alpha value is -4.84. The fraction of sp³-hybridized carbons (Fsp3) is 0.619. The Kier molecular flexibility index (Phi) is 21.0. The van der Waals surface area contributed by atoms with Crippen molar-refractivity contribution in [3.8, 4) is 0 Å². The van der Waals surface area contributed by atoms with E-state index in [2.05, 4.69) is 49.8 Å². The van der Waals surface area contributed by atoms with Crippen molar-refractivity contribution in [3.63, 3.8) is 0 Å². The van der Waals surface area contributed by atoms with Gasteiger partial charge in [-0.15, -0.1) is 5.06 Å². The molecule has 1 rings (SSSR count). The van der Waals surface area contributed by atoms with Crippen LogP contribution in [-0.2, 0) is 47.7 Å². The highest BCUT2D eigenvalue weighted by Crippen LogP contribution is 2.12. The summed E-state index contributed by atoms with van der Waals surface area (Å²) in [7, 11) is 5.66. The maximum Gasteiger partial charge on any atom is 0.407 e. The van der Waals surface area contributed by atoms with E-state index in [0.717, 1.165) is 28.4 Å². The molecule has 1 heterocycles. The average Bonchev–Trinajstić information content (AvgIpc) is 3.24. The van der Waals surface area contributed by atoms with E-state index in [1.807, 2.05) is 0 Å². The molecule has 2 unspecified atom stereocenters. The summed E-state index contributed by atoms with van der Waals surface area (Å²) in [5, 5.41) is 9.03. The molecule has 19 heteroatoms. The van der Waals surface area contributed by atoms with Crippen LogP contribution in [0.4, 0.5) is 19.2 Å². The van der Waals surface area contributed by atoms with E-state index in [1.54, 1.807) is 0 Å². The summed E-state index contributed by atoms with van der Waals surface area (Å²) in [4.78, 5) is 94.2. The molecule has 0 aliphatic carbocycles. The van der Waals surface area contributed by atoms with Gasteiger partial charge in [-0.05, 0) is 0 Å². The molecule has 1 aliphatic heterocycles. The maximum absolute atomic E-state index is 11.9. The largest absolute Gasteiger partial charge is 0.467 e. The van der Waals surface area contributed by atoms with Gasteiger partial charge in [0, 0.05) is 12.8 Å². The Morgan fingerprint density at radius 3 is 1.30 bits per heavy atom. The minimum atomic E-state index is -1.38. The van der Waals surface area contributed by atoms with Crippen LogP contribution in [0.3, 0.4) is 0 Å². The number of esters is 1. The lowest BCUT2D eigenvalue weighted by molar-refractivity contribution is -0.198. The molecule has 0 aromatic heterocycles. The summed E-state index contributed by atoms with van der Waals surface area (Å²) in [6, 6.07) is -2.41. The minimum absolute atomic E-state index is 0. The maximum atomic E-state index is 11.9. The van der Waals surface area contributed by atoms with Gasteiger partial charge in [-0.1, -0.05) is 14.9 Å². The number of rotatable bonds is 9. The van der Waals surface area contributed by atoms with Gasteiger partial charge in [-0.3, -0.25) is 9.59 Å². The second-order valence-corrected chi connectivity index (χ2v) is 6.64. The van der Waals surface area contributed by atoms with Gasteiger partial charge in [0.15, 0.2) is 0 Å². The smallest absolute Gasteiger partial charge is 0.407 e. The summed E-state index contributed by atoms with van der Waals surface area (Å²) in [6.07, 6.45) is -3.48. The Morgan fingerprint density at radius 2 is 0.975 bits per heavy atom. The SMILES string of the molecule is C.C.COC(=O)NCC(NC(=O)OC)C(=O)OC.COC(=O)NCC(NC(=O)OC)C(=O)ON1C(=O)CCC1=O. The third-order valence-corrected chi connectivity index (χ3v) is 4.18. The van der Waals surface area contributed by atoms with Gasteiger partial charge in [0.2, 0.25) is 0 Å². The summed E-state index contributed by atoms with van der Waals surface area (Å²) in [6.45, 7) is -0.550. The lowest BCUT2D eigenvalue weighted by Crippen LogP contribution is -2.51. The normalized spacial score (nSPS) is 12.7. The zero-order chi connectivity index (χ0) is 29.3. The van der Waals surface area contributed by atoms with E-state index in [9.17, 15) is 38.4 Å². The van der Waals surface area contributed by atoms with Crippen LogP contribution in [0.2, 0.25) is 0 Å².